The predicted molar refractivity (Wildman–Crippen MR) is 164 cm³/mol. The number of halogens is 2. The Labute approximate surface area is 256 Å². The summed E-state index contributed by atoms with van der Waals surface area (Å²) in [7, 11) is -2.17. The number of anilines is 1. The summed E-state index contributed by atoms with van der Waals surface area (Å²) in [5, 5.41) is 3.41. The number of amides is 2. The maximum absolute atomic E-state index is 13.8. The molecule has 3 aromatic rings. The third-order valence-corrected chi connectivity index (χ3v) is 8.78. The van der Waals surface area contributed by atoms with E-state index in [1.165, 1.54) is 16.3 Å². The van der Waals surface area contributed by atoms with Gasteiger partial charge in [-0.15, -0.1) is 0 Å². The molecule has 1 aliphatic heterocycles. The van der Waals surface area contributed by atoms with E-state index in [4.69, 9.17) is 32.7 Å². The van der Waals surface area contributed by atoms with Crippen LogP contribution in [0.25, 0.3) is 0 Å². The average molecular weight is 635 g/mol. The molecule has 3 aromatic carbocycles. The minimum absolute atomic E-state index is 0.000210. The highest BCUT2D eigenvalue weighted by Gasteiger charge is 2.31. The number of sulfonamides is 1. The van der Waals surface area contributed by atoms with Gasteiger partial charge in [0.1, 0.15) is 19.3 Å². The molecule has 224 valence electrons. The van der Waals surface area contributed by atoms with E-state index in [1.807, 2.05) is 30.3 Å². The number of carbonyl (C=O) groups is 2. The highest BCUT2D eigenvalue weighted by atomic mass is 35.5. The van der Waals surface area contributed by atoms with Gasteiger partial charge in [0.15, 0.2) is 11.5 Å². The molecule has 0 radical (unpaired) electrons. The number of hydrogen-bond acceptors (Lipinski definition) is 6. The van der Waals surface area contributed by atoms with Crippen LogP contribution < -0.4 is 19.1 Å². The second-order valence-electron chi connectivity index (χ2n) is 9.81. The highest BCUT2D eigenvalue weighted by molar-refractivity contribution is 7.92. The Hall–Kier alpha value is -3.47. The molecule has 1 heterocycles. The lowest BCUT2D eigenvalue weighted by molar-refractivity contribution is -0.141. The second-order valence-corrected chi connectivity index (χ2v) is 12.5. The lowest BCUT2D eigenvalue weighted by Gasteiger charge is -2.32. The minimum atomic E-state index is -3.68. The maximum atomic E-state index is 13.8. The molecule has 0 unspecified atom stereocenters. The number of nitrogens with zero attached hydrogens (tertiary/aromatic N) is 2. The van der Waals surface area contributed by atoms with Gasteiger partial charge in [0.05, 0.1) is 11.9 Å². The Morgan fingerprint density at radius 3 is 2.26 bits per heavy atom. The summed E-state index contributed by atoms with van der Waals surface area (Å²) in [5.74, 6) is 0.317. The molecule has 4 rings (SSSR count). The molecule has 0 saturated heterocycles. The molecule has 1 N–H and O–H groups in total. The number of carbonyl (C=O) groups excluding carboxylic acids is 2. The van der Waals surface area contributed by atoms with Crippen molar-refractivity contribution in [2.45, 2.75) is 31.8 Å². The molecule has 0 saturated carbocycles. The average Bonchev–Trinajstić information content (AvgIpc) is 2.97. The Bertz CT molecular complexity index is 1500. The summed E-state index contributed by atoms with van der Waals surface area (Å²) in [6, 6.07) is 18.5. The lowest BCUT2D eigenvalue weighted by atomic mass is 10.0. The first kappa shape index (κ1) is 31.5. The van der Waals surface area contributed by atoms with Crippen molar-refractivity contribution in [3.63, 3.8) is 0 Å². The van der Waals surface area contributed by atoms with Crippen molar-refractivity contribution >= 4 is 50.7 Å². The van der Waals surface area contributed by atoms with E-state index in [1.54, 1.807) is 36.4 Å². The van der Waals surface area contributed by atoms with E-state index in [0.29, 0.717) is 46.0 Å². The van der Waals surface area contributed by atoms with Crippen LogP contribution in [0.3, 0.4) is 0 Å². The molecule has 1 aliphatic rings. The van der Waals surface area contributed by atoms with Crippen molar-refractivity contribution in [3.05, 3.63) is 87.9 Å². The second kappa shape index (κ2) is 14.1. The van der Waals surface area contributed by atoms with Gasteiger partial charge in [-0.3, -0.25) is 13.9 Å². The number of hydrogen-bond donors (Lipinski definition) is 1. The zero-order valence-electron chi connectivity index (χ0n) is 23.4. The van der Waals surface area contributed by atoms with Crippen molar-refractivity contribution < 1.29 is 27.5 Å². The van der Waals surface area contributed by atoms with Crippen LogP contribution in [-0.2, 0) is 32.6 Å². The number of nitrogens with one attached hydrogen (secondary N) is 1. The van der Waals surface area contributed by atoms with Crippen molar-refractivity contribution in [2.24, 2.45) is 0 Å². The molecule has 2 amide bonds. The van der Waals surface area contributed by atoms with E-state index in [2.05, 4.69) is 5.32 Å². The van der Waals surface area contributed by atoms with Gasteiger partial charge >= 0.3 is 0 Å². The van der Waals surface area contributed by atoms with Crippen molar-refractivity contribution in [1.29, 1.82) is 0 Å². The van der Waals surface area contributed by atoms with Crippen molar-refractivity contribution in [3.8, 4) is 11.5 Å². The molecular formula is C30H33Cl2N3O6S. The van der Waals surface area contributed by atoms with Crippen molar-refractivity contribution in [1.82, 2.24) is 10.2 Å². The maximum Gasteiger partial charge on any atom is 0.242 e. The van der Waals surface area contributed by atoms with Crippen molar-refractivity contribution in [2.75, 3.05) is 37.4 Å². The summed E-state index contributed by atoms with van der Waals surface area (Å²) in [6.45, 7) is 0.820. The van der Waals surface area contributed by atoms with E-state index in [9.17, 15) is 18.0 Å². The molecule has 9 nitrogen and oxygen atoms in total. The lowest BCUT2D eigenvalue weighted by Crippen LogP contribution is -2.50. The van der Waals surface area contributed by atoms with Gasteiger partial charge in [0.25, 0.3) is 0 Å². The number of rotatable bonds is 12. The largest absolute Gasteiger partial charge is 0.486 e. The van der Waals surface area contributed by atoms with Gasteiger partial charge in [0.2, 0.25) is 21.8 Å². The SMILES string of the molecule is CNC(=O)[C@@H](Cc1ccccc1)N(Cc1c(Cl)cccc1Cl)C(=O)CCCN(c1ccc2c(c1)OCCO2)S(C)(=O)=O. The fourth-order valence-corrected chi connectivity index (χ4v) is 6.24. The van der Waals surface area contributed by atoms with E-state index in [0.717, 1.165) is 11.8 Å². The number of likely N-dealkylation sites (N-methyl/N-ethyl adjacent to an activating group) is 1. The van der Waals surface area contributed by atoms with Gasteiger partial charge in [-0.2, -0.15) is 0 Å². The number of benzene rings is 3. The van der Waals surface area contributed by atoms with Gasteiger partial charge < -0.3 is 19.7 Å². The molecule has 0 fully saturated rings. The molecule has 0 aromatic heterocycles. The van der Waals surface area contributed by atoms with Gasteiger partial charge in [0, 0.05) is 54.7 Å². The summed E-state index contributed by atoms with van der Waals surface area (Å²) >= 11 is 12.9. The van der Waals surface area contributed by atoms with E-state index >= 15 is 0 Å². The van der Waals surface area contributed by atoms with E-state index in [-0.39, 0.29) is 44.2 Å². The molecular weight excluding hydrogens is 601 g/mol. The predicted octanol–water partition coefficient (Wildman–Crippen LogP) is 4.70. The fraction of sp³-hybridized carbons (Fsp3) is 0.333. The Morgan fingerprint density at radius 1 is 0.952 bits per heavy atom. The number of ether oxygens (including phenoxy) is 2. The zero-order chi connectivity index (χ0) is 30.3. The smallest absolute Gasteiger partial charge is 0.242 e. The summed E-state index contributed by atoms with van der Waals surface area (Å²) < 4.78 is 37.9. The van der Waals surface area contributed by atoms with Crippen LogP contribution in [0, 0.1) is 0 Å². The van der Waals surface area contributed by atoms with Crippen LogP contribution in [-0.4, -0.2) is 64.2 Å². The van der Waals surface area contributed by atoms with Crippen LogP contribution in [0.2, 0.25) is 10.0 Å². The Kier molecular flexibility index (Phi) is 10.6. The monoisotopic (exact) mass is 633 g/mol. The quantitative estimate of drug-likeness (QED) is 0.310. The highest BCUT2D eigenvalue weighted by Crippen LogP contribution is 2.35. The van der Waals surface area contributed by atoms with Crippen LogP contribution in [0.15, 0.2) is 66.7 Å². The van der Waals surface area contributed by atoms with Crippen LogP contribution in [0.1, 0.15) is 24.0 Å². The third-order valence-electron chi connectivity index (χ3n) is 6.87. The molecule has 0 spiro atoms. The van der Waals surface area contributed by atoms with Crippen LogP contribution >= 0.6 is 23.2 Å². The molecule has 42 heavy (non-hydrogen) atoms. The first-order chi connectivity index (χ1) is 20.1. The molecule has 0 aliphatic carbocycles. The fourth-order valence-electron chi connectivity index (χ4n) is 4.77. The van der Waals surface area contributed by atoms with Gasteiger partial charge in [-0.05, 0) is 36.2 Å². The summed E-state index contributed by atoms with van der Waals surface area (Å²) in [5.41, 5.74) is 1.79. The topological polar surface area (TPSA) is 105 Å². The summed E-state index contributed by atoms with van der Waals surface area (Å²) in [4.78, 5) is 28.5. The van der Waals surface area contributed by atoms with Gasteiger partial charge in [-0.25, -0.2) is 8.42 Å². The van der Waals surface area contributed by atoms with Crippen LogP contribution in [0.4, 0.5) is 5.69 Å². The standard InChI is InChI=1S/C30H33Cl2N3O6S/c1-33-30(37)26(18-21-8-4-3-5-9-21)34(20-23-24(31)10-6-11-25(23)32)29(36)12-7-15-35(42(2,38)39)22-13-14-27-28(19-22)41-17-16-40-27/h3-6,8-11,13-14,19,26H,7,12,15-18,20H2,1-2H3,(H,33,37)/t26-/m1/s1. The first-order valence-corrected chi connectivity index (χ1v) is 16.0. The van der Waals surface area contributed by atoms with E-state index < -0.39 is 16.1 Å². The molecule has 0 bridgehead atoms. The minimum Gasteiger partial charge on any atom is -0.486 e. The number of fused-ring (bicyclic) bond motifs is 1. The van der Waals surface area contributed by atoms with Crippen LogP contribution in [0.5, 0.6) is 11.5 Å². The Morgan fingerprint density at radius 2 is 1.62 bits per heavy atom. The first-order valence-electron chi connectivity index (χ1n) is 13.4. The normalized spacial score (nSPS) is 13.2. The Balaban J connectivity index is 1.58. The molecule has 1 atom stereocenters. The van der Waals surface area contributed by atoms with Gasteiger partial charge in [-0.1, -0.05) is 59.6 Å². The summed E-state index contributed by atoms with van der Waals surface area (Å²) in [6.07, 6.45) is 1.54. The third kappa shape index (κ3) is 7.87. The molecule has 12 heteroatoms. The zero-order valence-corrected chi connectivity index (χ0v) is 25.7.